The second-order valence-electron chi connectivity index (χ2n) is 15.1. The molecule has 0 spiro atoms. The van der Waals surface area contributed by atoms with Gasteiger partial charge in [-0.25, -0.2) is 0 Å². The largest absolute Gasteiger partial charge is 0.494 e. The number of hydrogen-bond acceptors (Lipinski definition) is 7. The monoisotopic (exact) mass is 1320 g/mol. The molecule has 0 aliphatic carbocycles. The minimum Gasteiger partial charge on any atom is -0.494 e. The van der Waals surface area contributed by atoms with Crippen LogP contribution in [0.5, 0.6) is 17.2 Å². The van der Waals surface area contributed by atoms with Gasteiger partial charge in [-0.2, -0.15) is 0 Å². The molecule has 0 aromatic heterocycles. The number of β-amino-alcohol motifs (C(OH)–C–C–N with tert-alkyl or cyclic N) is 2. The van der Waals surface area contributed by atoms with E-state index in [9.17, 15) is 5.11 Å². The van der Waals surface area contributed by atoms with Crippen molar-refractivity contribution in [3.63, 3.8) is 0 Å². The number of ether oxygens (including phenoxy) is 3. The third-order valence-electron chi connectivity index (χ3n) is 9.23. The number of nitrogens with zero attached hydrogens (tertiary/aromatic N) is 1. The quantitative estimate of drug-likeness (QED) is 0.0808. The van der Waals surface area contributed by atoms with E-state index in [1.165, 1.54) is 32.3 Å². The van der Waals surface area contributed by atoms with Crippen molar-refractivity contribution in [1.29, 1.82) is 0 Å². The maximum atomic E-state index is 9.41. The fourth-order valence-corrected chi connectivity index (χ4v) is 7.65. The highest BCUT2D eigenvalue weighted by atomic mass is 79.9. The van der Waals surface area contributed by atoms with Gasteiger partial charge in [-0.15, -0.1) is 23.2 Å². The fourth-order valence-electron chi connectivity index (χ4n) is 5.59. The van der Waals surface area contributed by atoms with Crippen LogP contribution < -0.4 is 19.5 Å². The summed E-state index contributed by atoms with van der Waals surface area (Å²) in [7, 11) is 0. The van der Waals surface area contributed by atoms with E-state index < -0.39 is 0 Å². The van der Waals surface area contributed by atoms with Gasteiger partial charge in [0.1, 0.15) is 17.2 Å². The zero-order valence-corrected chi connectivity index (χ0v) is 48.9. The lowest BCUT2D eigenvalue weighted by Gasteiger charge is -2.15. The van der Waals surface area contributed by atoms with Gasteiger partial charge >= 0.3 is 0 Å². The summed E-state index contributed by atoms with van der Waals surface area (Å²) in [5.74, 6) is 4.20. The molecule has 0 saturated carbocycles. The summed E-state index contributed by atoms with van der Waals surface area (Å²) in [6, 6.07) is 24.4. The van der Waals surface area contributed by atoms with Gasteiger partial charge in [0.05, 0.1) is 32.0 Å². The van der Waals surface area contributed by atoms with Crippen molar-refractivity contribution in [1.82, 2.24) is 10.2 Å². The molecule has 368 valence electrons. The van der Waals surface area contributed by atoms with E-state index in [1.807, 2.05) is 61.5 Å². The Morgan fingerprint density at radius 3 is 1.32 bits per heavy atom. The third-order valence-corrected chi connectivity index (χ3v) is 14.4. The summed E-state index contributed by atoms with van der Waals surface area (Å²) in [6.07, 6.45) is 5.65. The minimum absolute atomic E-state index is 0. The molecule has 2 heterocycles. The Morgan fingerprint density at radius 2 is 1.02 bits per heavy atom. The number of halogens is 8. The highest BCUT2D eigenvalue weighted by Crippen LogP contribution is 2.24. The van der Waals surface area contributed by atoms with Crippen molar-refractivity contribution in [2.45, 2.75) is 92.8 Å². The highest BCUT2D eigenvalue weighted by molar-refractivity contribution is 9.11. The van der Waals surface area contributed by atoms with E-state index in [0.29, 0.717) is 12.5 Å². The normalized spacial score (nSPS) is 14.8. The Hall–Kier alpha value is -0.420. The van der Waals surface area contributed by atoms with Gasteiger partial charge in [-0.05, 0) is 163 Å². The van der Waals surface area contributed by atoms with Gasteiger partial charge in [0.2, 0.25) is 0 Å². The summed E-state index contributed by atoms with van der Waals surface area (Å²) in [6.45, 7) is 17.1. The predicted octanol–water partition coefficient (Wildman–Crippen LogP) is 15.3. The van der Waals surface area contributed by atoms with Crippen LogP contribution in [0.3, 0.4) is 0 Å². The van der Waals surface area contributed by atoms with E-state index in [0.717, 1.165) is 132 Å². The van der Waals surface area contributed by atoms with Crippen LogP contribution in [0.15, 0.2) is 90.7 Å². The molecule has 2 aliphatic heterocycles. The maximum Gasteiger partial charge on any atom is 0.119 e. The Balaban J connectivity index is 0.000000789. The van der Waals surface area contributed by atoms with Crippen LogP contribution in [0.2, 0.25) is 0 Å². The number of rotatable bonds is 15. The van der Waals surface area contributed by atoms with Gasteiger partial charge in [0.15, 0.2) is 0 Å². The van der Waals surface area contributed by atoms with Gasteiger partial charge < -0.3 is 34.6 Å². The van der Waals surface area contributed by atoms with Crippen molar-refractivity contribution < 1.29 is 24.4 Å². The number of aliphatic hydroxyl groups excluding tert-OH is 2. The number of alkyl halides is 4. The lowest BCUT2D eigenvalue weighted by atomic mass is 10.2. The fraction of sp³-hybridized carbons (Fsp3) is 0.520. The third kappa shape index (κ3) is 32.2. The molecule has 0 amide bonds. The van der Waals surface area contributed by atoms with Crippen molar-refractivity contribution >= 4 is 119 Å². The molecule has 0 radical (unpaired) electrons. The molecule has 15 heteroatoms. The lowest BCUT2D eigenvalue weighted by Crippen LogP contribution is -2.24. The van der Waals surface area contributed by atoms with Crippen molar-refractivity contribution in [2.75, 3.05) is 75.0 Å². The predicted molar refractivity (Wildman–Crippen MR) is 302 cm³/mol. The van der Waals surface area contributed by atoms with Gasteiger partial charge in [-0.1, -0.05) is 121 Å². The molecular weight excluding hydrogens is 1260 g/mol. The molecule has 65 heavy (non-hydrogen) atoms. The first-order chi connectivity index (χ1) is 30.6. The van der Waals surface area contributed by atoms with Gasteiger partial charge in [-0.3, -0.25) is 0 Å². The van der Waals surface area contributed by atoms with Crippen LogP contribution >= 0.6 is 119 Å². The SMILES string of the molecule is C.Cc1cc(OCCCBr)ccc1Br.Cc1cc(OCCCCl)ccc1Br.Cc1cc(OCCCN2CC[C@@H](O)C2)ccc1Br.Cc1ccc(Br)c(C)c1.ClCCCBr.O[C@@H]1CCNC1. The second-order valence-corrected chi connectivity index (χ2v) is 20.9. The summed E-state index contributed by atoms with van der Waals surface area (Å²) >= 11 is 31.2. The van der Waals surface area contributed by atoms with Crippen LogP contribution in [0, 0.1) is 34.6 Å². The number of benzene rings is 4. The Bertz CT molecular complexity index is 1770. The van der Waals surface area contributed by atoms with Crippen LogP contribution in [0.1, 0.15) is 73.8 Å². The summed E-state index contributed by atoms with van der Waals surface area (Å²) < 4.78 is 21.3. The van der Waals surface area contributed by atoms with Gasteiger partial charge in [0, 0.05) is 66.5 Å². The minimum atomic E-state index is -0.125. The molecule has 2 saturated heterocycles. The number of nitrogens with one attached hydrogen (secondary N) is 1. The summed E-state index contributed by atoms with van der Waals surface area (Å²) in [4.78, 5) is 2.29. The molecule has 4 aromatic carbocycles. The molecule has 2 atom stereocenters. The second kappa shape index (κ2) is 40.3. The van der Waals surface area contributed by atoms with Crippen LogP contribution in [0.4, 0.5) is 0 Å². The van der Waals surface area contributed by atoms with Crippen LogP contribution in [-0.4, -0.2) is 102 Å². The topological polar surface area (TPSA) is 83.4 Å². The average Bonchev–Trinajstić information content (AvgIpc) is 3.93. The smallest absolute Gasteiger partial charge is 0.119 e. The average molecular weight is 1330 g/mol. The first kappa shape index (κ1) is 64.6. The van der Waals surface area contributed by atoms with Crippen molar-refractivity contribution in [3.05, 3.63) is 119 Å². The molecule has 4 aromatic rings. The summed E-state index contributed by atoms with van der Waals surface area (Å²) in [5, 5.41) is 23.1. The first-order valence-electron chi connectivity index (χ1n) is 21.6. The molecule has 2 fully saturated rings. The molecular formula is C50H72Br6Cl2N2O5. The number of aryl methyl sites for hydroxylation is 5. The molecule has 0 bridgehead atoms. The summed E-state index contributed by atoms with van der Waals surface area (Å²) in [5.41, 5.74) is 6.19. The molecule has 7 nitrogen and oxygen atoms in total. The van der Waals surface area contributed by atoms with E-state index in [2.05, 4.69) is 152 Å². The van der Waals surface area contributed by atoms with Crippen LogP contribution in [0.25, 0.3) is 0 Å². The molecule has 2 aliphatic rings. The van der Waals surface area contributed by atoms with E-state index in [-0.39, 0.29) is 19.6 Å². The number of likely N-dealkylation sites (tertiary alicyclic amines) is 1. The van der Waals surface area contributed by atoms with Gasteiger partial charge in [0.25, 0.3) is 0 Å². The lowest BCUT2D eigenvalue weighted by molar-refractivity contribution is 0.173. The zero-order chi connectivity index (χ0) is 47.7. The van der Waals surface area contributed by atoms with Crippen molar-refractivity contribution in [2.24, 2.45) is 0 Å². The first-order valence-corrected chi connectivity index (χ1v) is 28.0. The Kier molecular flexibility index (Phi) is 40.1. The van der Waals surface area contributed by atoms with Crippen molar-refractivity contribution in [3.8, 4) is 17.2 Å². The van der Waals surface area contributed by atoms with Crippen LogP contribution in [-0.2, 0) is 0 Å². The standard InChI is InChI=1S/C14H20BrNO2.C10H12Br2O.C10H12BrClO.C8H9Br.C4H9NO.C3H6BrCl.CH4/c1-11-9-13(3-4-14(11)15)18-8-2-6-16-7-5-12(17)10-16;1-8-7-9(3-4-10(8)12)13-6-2-5-11;1-8-7-9(3-4-10(8)11)13-6-2-5-12;1-6-3-4-8(9)7(2)5-6;6-4-1-2-5-3-4;4-2-1-3-5;/h3-4,9,12,17H,2,5-8,10H2,1H3;2*3-4,7H,2,5-6H2,1H3;3-5H,1-2H3;4-6H,1-3H2;1-3H2;1H4/t12-;;;;4-;;/m1...1../s1. The molecule has 6 rings (SSSR count). The van der Waals surface area contributed by atoms with E-state index >= 15 is 0 Å². The van der Waals surface area contributed by atoms with E-state index in [1.54, 1.807) is 0 Å². The number of aliphatic hydroxyl groups is 2. The Morgan fingerprint density at radius 1 is 0.585 bits per heavy atom. The molecule has 0 unspecified atom stereocenters. The highest BCUT2D eigenvalue weighted by Gasteiger charge is 2.19. The Labute approximate surface area is 452 Å². The maximum absolute atomic E-state index is 9.41. The molecule has 3 N–H and O–H groups in total. The van der Waals surface area contributed by atoms with E-state index in [4.69, 9.17) is 42.5 Å². The number of hydrogen-bond donors (Lipinski definition) is 3. The zero-order valence-electron chi connectivity index (χ0n) is 37.9.